The van der Waals surface area contributed by atoms with E-state index >= 15 is 0 Å². The van der Waals surface area contributed by atoms with Crippen molar-refractivity contribution in [2.75, 3.05) is 5.32 Å². The van der Waals surface area contributed by atoms with E-state index in [0.717, 1.165) is 10.0 Å². The molecule has 1 heterocycles. The highest BCUT2D eigenvalue weighted by Gasteiger charge is 2.01. The molecule has 0 unspecified atom stereocenters. The van der Waals surface area contributed by atoms with Gasteiger partial charge >= 0.3 is 6.03 Å². The van der Waals surface area contributed by atoms with Crippen molar-refractivity contribution in [1.82, 2.24) is 15.3 Å². The second kappa shape index (κ2) is 6.81. The van der Waals surface area contributed by atoms with E-state index in [4.69, 9.17) is 0 Å². The first-order valence-electron chi connectivity index (χ1n) is 5.92. The number of urea groups is 1. The second-order valence-electron chi connectivity index (χ2n) is 4.07. The maximum atomic E-state index is 11.6. The minimum Gasteiger partial charge on any atom is -0.314 e. The molecule has 6 heteroatoms. The summed E-state index contributed by atoms with van der Waals surface area (Å²) in [5.74, 6) is 0.245. The summed E-state index contributed by atoms with van der Waals surface area (Å²) in [4.78, 5) is 19.5. The van der Waals surface area contributed by atoms with Crippen LogP contribution in [0.5, 0.6) is 0 Å². The zero-order valence-electron chi connectivity index (χ0n) is 10.8. The van der Waals surface area contributed by atoms with Gasteiger partial charge in [0.1, 0.15) is 0 Å². The average Bonchev–Trinajstić information content (AvgIpc) is 2.41. The van der Waals surface area contributed by atoms with Gasteiger partial charge in [0.15, 0.2) is 0 Å². The summed E-state index contributed by atoms with van der Waals surface area (Å²) < 4.78 is 0.753. The third-order valence-corrected chi connectivity index (χ3v) is 2.79. The Kier molecular flexibility index (Phi) is 4.84. The number of rotatable bonds is 3. The molecule has 2 N–H and O–H groups in total. The molecule has 0 radical (unpaired) electrons. The van der Waals surface area contributed by atoms with Crippen LogP contribution in [0.1, 0.15) is 11.1 Å². The number of carbonyl (C=O) groups excluding carboxylic acids is 1. The van der Waals surface area contributed by atoms with Crippen LogP contribution in [0.15, 0.2) is 47.3 Å². The minimum absolute atomic E-state index is 0.245. The number of aromatic nitrogens is 2. The highest BCUT2D eigenvalue weighted by molar-refractivity contribution is 9.10. The Morgan fingerprint density at radius 2 is 2.05 bits per heavy atom. The molecule has 0 aliphatic heterocycles. The lowest BCUT2D eigenvalue weighted by Crippen LogP contribution is -2.24. The maximum Gasteiger partial charge on any atom is 0.325 e. The monoisotopic (exact) mass is 332 g/mol. The van der Waals surface area contributed by atoms with Gasteiger partial charge in [0.2, 0.25) is 5.95 Å². The quantitative estimate of drug-likeness (QED) is 0.905. The maximum absolute atomic E-state index is 11.6. The molecular weight excluding hydrogens is 320 g/mol. The molecule has 0 fully saturated rings. The number of halogens is 1. The van der Waals surface area contributed by atoms with Gasteiger partial charge in [-0.3, -0.25) is 5.32 Å². The van der Waals surface area contributed by atoms with E-state index in [1.807, 2.05) is 37.3 Å². The number of nitrogens with zero attached hydrogens (tertiary/aromatic N) is 2. The van der Waals surface area contributed by atoms with Crippen LogP contribution >= 0.6 is 15.9 Å². The zero-order chi connectivity index (χ0) is 14.4. The predicted molar refractivity (Wildman–Crippen MR) is 82.1 cm³/mol. The summed E-state index contributed by atoms with van der Waals surface area (Å²) in [6.07, 6.45) is 6.51. The Hall–Kier alpha value is -2.21. The Bertz CT molecular complexity index is 625. The fourth-order valence-corrected chi connectivity index (χ4v) is 1.71. The van der Waals surface area contributed by atoms with Gasteiger partial charge in [-0.15, -0.1) is 0 Å². The molecule has 2 aromatic rings. The first kappa shape index (κ1) is 14.2. The fraction of sp³-hybridized carbons (Fsp3) is 0.0714. The summed E-state index contributed by atoms with van der Waals surface area (Å²) in [6.45, 7) is 2.02. The van der Waals surface area contributed by atoms with Crippen molar-refractivity contribution >= 4 is 34.0 Å². The van der Waals surface area contributed by atoms with Gasteiger partial charge in [-0.1, -0.05) is 29.8 Å². The van der Waals surface area contributed by atoms with E-state index in [9.17, 15) is 4.79 Å². The molecule has 102 valence electrons. The average molecular weight is 333 g/mol. The van der Waals surface area contributed by atoms with Crippen LogP contribution < -0.4 is 10.6 Å². The number of aryl methyl sites for hydroxylation is 1. The molecule has 0 aliphatic rings. The summed E-state index contributed by atoms with van der Waals surface area (Å²) in [7, 11) is 0. The van der Waals surface area contributed by atoms with Crippen LogP contribution in [-0.4, -0.2) is 16.0 Å². The Balaban J connectivity index is 1.87. The second-order valence-corrected chi connectivity index (χ2v) is 4.99. The molecule has 1 aromatic heterocycles. The van der Waals surface area contributed by atoms with Crippen molar-refractivity contribution in [3.8, 4) is 0 Å². The Morgan fingerprint density at radius 1 is 1.30 bits per heavy atom. The van der Waals surface area contributed by atoms with E-state index in [1.165, 1.54) is 5.56 Å². The molecule has 0 saturated heterocycles. The number of hydrogen-bond acceptors (Lipinski definition) is 3. The van der Waals surface area contributed by atoms with E-state index in [-0.39, 0.29) is 5.95 Å². The van der Waals surface area contributed by atoms with Gasteiger partial charge in [-0.2, -0.15) is 0 Å². The normalized spacial score (nSPS) is 10.5. The number of benzene rings is 1. The van der Waals surface area contributed by atoms with Crippen LogP contribution in [-0.2, 0) is 0 Å². The highest BCUT2D eigenvalue weighted by atomic mass is 79.9. The summed E-state index contributed by atoms with van der Waals surface area (Å²) in [6, 6.07) is 7.57. The van der Waals surface area contributed by atoms with Crippen molar-refractivity contribution in [3.63, 3.8) is 0 Å². The predicted octanol–water partition coefficient (Wildman–Crippen LogP) is 3.34. The van der Waals surface area contributed by atoms with Crippen molar-refractivity contribution in [2.45, 2.75) is 6.92 Å². The first-order chi connectivity index (χ1) is 9.63. The minimum atomic E-state index is -0.392. The number of hydrogen-bond donors (Lipinski definition) is 2. The van der Waals surface area contributed by atoms with Gasteiger partial charge in [0, 0.05) is 18.6 Å². The number of carbonyl (C=O) groups is 1. The summed E-state index contributed by atoms with van der Waals surface area (Å²) >= 11 is 3.22. The van der Waals surface area contributed by atoms with Crippen LogP contribution in [0.25, 0.3) is 6.08 Å². The number of nitrogens with one attached hydrogen (secondary N) is 2. The van der Waals surface area contributed by atoms with Crippen LogP contribution in [0.4, 0.5) is 10.7 Å². The Labute approximate surface area is 125 Å². The fourth-order valence-electron chi connectivity index (χ4n) is 1.50. The van der Waals surface area contributed by atoms with Crippen molar-refractivity contribution < 1.29 is 4.79 Å². The molecule has 2 amide bonds. The van der Waals surface area contributed by atoms with E-state index in [0.29, 0.717) is 0 Å². The van der Waals surface area contributed by atoms with Crippen molar-refractivity contribution in [3.05, 3.63) is 58.5 Å². The molecule has 2 rings (SSSR count). The van der Waals surface area contributed by atoms with Gasteiger partial charge in [-0.05, 0) is 34.5 Å². The lowest BCUT2D eigenvalue weighted by Gasteiger charge is -2.02. The largest absolute Gasteiger partial charge is 0.325 e. The first-order valence-corrected chi connectivity index (χ1v) is 6.71. The van der Waals surface area contributed by atoms with Crippen LogP contribution in [0.2, 0.25) is 0 Å². The lowest BCUT2D eigenvalue weighted by atomic mass is 10.1. The zero-order valence-corrected chi connectivity index (χ0v) is 12.4. The van der Waals surface area contributed by atoms with E-state index in [1.54, 1.807) is 18.6 Å². The Morgan fingerprint density at radius 3 is 2.75 bits per heavy atom. The SMILES string of the molecule is Cc1cccc(/C=C/NC(=O)Nc2ncc(Br)cn2)c1. The molecule has 0 atom stereocenters. The molecule has 0 spiro atoms. The van der Waals surface area contributed by atoms with E-state index < -0.39 is 6.03 Å². The molecule has 5 nitrogen and oxygen atoms in total. The third kappa shape index (κ3) is 4.47. The van der Waals surface area contributed by atoms with Gasteiger partial charge < -0.3 is 5.32 Å². The summed E-state index contributed by atoms with van der Waals surface area (Å²) in [5.41, 5.74) is 2.19. The molecule has 20 heavy (non-hydrogen) atoms. The molecular formula is C14H13BrN4O. The van der Waals surface area contributed by atoms with Gasteiger partial charge in [0.25, 0.3) is 0 Å². The van der Waals surface area contributed by atoms with E-state index in [2.05, 4.69) is 36.5 Å². The molecule has 0 aliphatic carbocycles. The van der Waals surface area contributed by atoms with Crippen molar-refractivity contribution in [2.24, 2.45) is 0 Å². The van der Waals surface area contributed by atoms with Crippen LogP contribution in [0, 0.1) is 6.92 Å². The van der Waals surface area contributed by atoms with Crippen LogP contribution in [0.3, 0.4) is 0 Å². The van der Waals surface area contributed by atoms with Gasteiger partial charge in [-0.25, -0.2) is 14.8 Å². The van der Waals surface area contributed by atoms with Crippen molar-refractivity contribution in [1.29, 1.82) is 0 Å². The summed E-state index contributed by atoms with van der Waals surface area (Å²) in [5, 5.41) is 5.11. The number of amides is 2. The lowest BCUT2D eigenvalue weighted by molar-refractivity contribution is 0.255. The molecule has 1 aromatic carbocycles. The topological polar surface area (TPSA) is 66.9 Å². The number of anilines is 1. The molecule has 0 saturated carbocycles. The van der Waals surface area contributed by atoms with Gasteiger partial charge in [0.05, 0.1) is 4.47 Å². The highest BCUT2D eigenvalue weighted by Crippen LogP contribution is 2.07. The third-order valence-electron chi connectivity index (χ3n) is 2.38. The standard InChI is InChI=1S/C14H13BrN4O/c1-10-3-2-4-11(7-10)5-6-16-14(20)19-13-17-8-12(15)9-18-13/h2-9H,1H3,(H2,16,17,18,19,20)/b6-5+. The molecule has 0 bridgehead atoms. The smallest absolute Gasteiger partial charge is 0.314 e.